The molecule has 0 radical (unpaired) electrons. The summed E-state index contributed by atoms with van der Waals surface area (Å²) < 4.78 is 12.4. The molecule has 12 heavy (non-hydrogen) atoms. The smallest absolute Gasteiger partial charge is 0.141 e. The van der Waals surface area contributed by atoms with Gasteiger partial charge in [-0.1, -0.05) is 0 Å². The van der Waals surface area contributed by atoms with E-state index in [-0.39, 0.29) is 5.69 Å². The van der Waals surface area contributed by atoms with Gasteiger partial charge in [0.2, 0.25) is 0 Å². The molecule has 1 unspecified atom stereocenters. The Morgan fingerprint density at radius 1 is 1.58 bits per heavy atom. The van der Waals surface area contributed by atoms with Crippen molar-refractivity contribution >= 4 is 0 Å². The molecule has 0 saturated carbocycles. The van der Waals surface area contributed by atoms with Crippen molar-refractivity contribution < 1.29 is 14.6 Å². The molecule has 1 rings (SSSR count). The maximum atomic E-state index is 12.4. The van der Waals surface area contributed by atoms with Crippen molar-refractivity contribution in [2.45, 2.75) is 12.5 Å². The number of pyridine rings is 1. The van der Waals surface area contributed by atoms with Crippen LogP contribution in [0.15, 0.2) is 18.3 Å². The fourth-order valence-corrected chi connectivity index (χ4v) is 0.775. The average Bonchev–Trinajstić information content (AvgIpc) is 2.05. The zero-order chi connectivity index (χ0) is 9.19. The van der Waals surface area contributed by atoms with Crippen molar-refractivity contribution in [3.8, 4) is 0 Å². The fourth-order valence-electron chi connectivity index (χ4n) is 0.775. The Morgan fingerprint density at radius 2 is 2.25 bits per heavy atom. The zero-order valence-corrected chi connectivity index (χ0v) is 6.66. The summed E-state index contributed by atoms with van der Waals surface area (Å²) in [5.74, 6) is -0.465. The Balaban J connectivity index is 2.96. The van der Waals surface area contributed by atoms with Crippen molar-refractivity contribution in [2.75, 3.05) is 6.61 Å². The number of hydrogen-bond acceptors (Lipinski definition) is 3. The normalized spacial score (nSPS) is 15.7. The third-order valence-corrected chi connectivity index (χ3v) is 1.59. The first-order valence-corrected chi connectivity index (χ1v) is 3.51. The molecule has 0 aromatic carbocycles. The van der Waals surface area contributed by atoms with Crippen LogP contribution in [0.5, 0.6) is 0 Å². The summed E-state index contributed by atoms with van der Waals surface area (Å²) in [4.78, 5) is 3.64. The van der Waals surface area contributed by atoms with Crippen LogP contribution < -0.4 is 0 Å². The quantitative estimate of drug-likeness (QED) is 0.678. The van der Waals surface area contributed by atoms with Gasteiger partial charge >= 0.3 is 0 Å². The average molecular weight is 171 g/mol. The molecule has 0 saturated heterocycles. The van der Waals surface area contributed by atoms with Gasteiger partial charge in [0, 0.05) is 0 Å². The Kier molecular flexibility index (Phi) is 2.40. The molecular formula is C8H10FNO2. The van der Waals surface area contributed by atoms with Crippen LogP contribution in [0.25, 0.3) is 0 Å². The molecule has 2 N–H and O–H groups in total. The zero-order valence-electron chi connectivity index (χ0n) is 6.66. The van der Waals surface area contributed by atoms with E-state index in [9.17, 15) is 9.50 Å². The van der Waals surface area contributed by atoms with E-state index < -0.39 is 18.0 Å². The molecule has 1 aromatic heterocycles. The van der Waals surface area contributed by atoms with Gasteiger partial charge in [0.25, 0.3) is 0 Å². The van der Waals surface area contributed by atoms with Crippen molar-refractivity contribution in [2.24, 2.45) is 0 Å². The lowest BCUT2D eigenvalue weighted by Gasteiger charge is -2.18. The van der Waals surface area contributed by atoms with E-state index in [0.717, 1.165) is 6.20 Å². The van der Waals surface area contributed by atoms with E-state index in [2.05, 4.69) is 4.98 Å². The van der Waals surface area contributed by atoms with Crippen LogP contribution in [0, 0.1) is 5.82 Å². The summed E-state index contributed by atoms with van der Waals surface area (Å²) >= 11 is 0. The molecule has 0 amide bonds. The van der Waals surface area contributed by atoms with Crippen molar-refractivity contribution in [3.63, 3.8) is 0 Å². The predicted molar refractivity (Wildman–Crippen MR) is 40.9 cm³/mol. The maximum absolute atomic E-state index is 12.4. The van der Waals surface area contributed by atoms with Crippen LogP contribution in [0.2, 0.25) is 0 Å². The predicted octanol–water partition coefficient (Wildman–Crippen LogP) is 0.421. The van der Waals surface area contributed by atoms with Crippen LogP contribution in [-0.2, 0) is 5.60 Å². The van der Waals surface area contributed by atoms with Gasteiger partial charge in [-0.05, 0) is 19.1 Å². The van der Waals surface area contributed by atoms with Gasteiger partial charge in [-0.25, -0.2) is 4.39 Å². The van der Waals surface area contributed by atoms with Crippen LogP contribution in [-0.4, -0.2) is 21.8 Å². The Bertz CT molecular complexity index is 258. The summed E-state index contributed by atoms with van der Waals surface area (Å²) in [6, 6.07) is 2.53. The summed E-state index contributed by atoms with van der Waals surface area (Å²) in [5, 5.41) is 18.2. The molecule has 3 nitrogen and oxygen atoms in total. The molecule has 0 bridgehead atoms. The van der Waals surface area contributed by atoms with E-state index >= 15 is 0 Å². The monoisotopic (exact) mass is 171 g/mol. The van der Waals surface area contributed by atoms with Crippen molar-refractivity contribution in [3.05, 3.63) is 29.8 Å². The molecule has 0 spiro atoms. The van der Waals surface area contributed by atoms with Gasteiger partial charge in [0.05, 0.1) is 18.5 Å². The van der Waals surface area contributed by atoms with E-state index in [1.54, 1.807) is 0 Å². The first kappa shape index (κ1) is 9.09. The lowest BCUT2D eigenvalue weighted by Crippen LogP contribution is -2.27. The number of aliphatic hydroxyl groups excluding tert-OH is 1. The Labute approximate surface area is 69.5 Å². The Hall–Kier alpha value is -1.00. The highest BCUT2D eigenvalue weighted by Gasteiger charge is 2.22. The molecule has 0 aliphatic heterocycles. The van der Waals surface area contributed by atoms with E-state index in [4.69, 9.17) is 5.11 Å². The molecule has 4 heteroatoms. The van der Waals surface area contributed by atoms with Crippen molar-refractivity contribution in [1.82, 2.24) is 4.98 Å². The molecule has 1 atom stereocenters. The SMILES string of the molecule is CC(O)(CO)c1ccc(F)cn1. The minimum Gasteiger partial charge on any atom is -0.393 e. The molecule has 1 heterocycles. The van der Waals surface area contributed by atoms with Gasteiger partial charge in [-0.3, -0.25) is 4.98 Å². The van der Waals surface area contributed by atoms with Crippen molar-refractivity contribution in [1.29, 1.82) is 0 Å². The van der Waals surface area contributed by atoms with E-state index in [1.165, 1.54) is 19.1 Å². The second kappa shape index (κ2) is 3.16. The number of halogens is 1. The number of rotatable bonds is 2. The van der Waals surface area contributed by atoms with Gasteiger partial charge in [0.1, 0.15) is 11.4 Å². The highest BCUT2D eigenvalue weighted by Crippen LogP contribution is 2.16. The van der Waals surface area contributed by atoms with Crippen LogP contribution in [0.1, 0.15) is 12.6 Å². The van der Waals surface area contributed by atoms with E-state index in [1.807, 2.05) is 0 Å². The molecule has 66 valence electrons. The maximum Gasteiger partial charge on any atom is 0.141 e. The Morgan fingerprint density at radius 3 is 2.67 bits per heavy atom. The molecule has 0 aliphatic rings. The number of aromatic nitrogens is 1. The van der Waals surface area contributed by atoms with Gasteiger partial charge in [-0.15, -0.1) is 0 Å². The lowest BCUT2D eigenvalue weighted by molar-refractivity contribution is -0.00593. The van der Waals surface area contributed by atoms with Gasteiger partial charge in [-0.2, -0.15) is 0 Å². The topological polar surface area (TPSA) is 53.4 Å². The number of aliphatic hydroxyl groups is 2. The molecular weight excluding hydrogens is 161 g/mol. The standard InChI is InChI=1S/C8H10FNO2/c1-8(12,5-11)7-3-2-6(9)4-10-7/h2-4,11-12H,5H2,1H3. The van der Waals surface area contributed by atoms with Gasteiger partial charge in [0.15, 0.2) is 0 Å². The highest BCUT2D eigenvalue weighted by molar-refractivity contribution is 5.12. The second-order valence-electron chi connectivity index (χ2n) is 2.79. The summed E-state index contributed by atoms with van der Waals surface area (Å²) in [7, 11) is 0. The largest absolute Gasteiger partial charge is 0.393 e. The third kappa shape index (κ3) is 1.78. The highest BCUT2D eigenvalue weighted by atomic mass is 19.1. The van der Waals surface area contributed by atoms with Crippen LogP contribution in [0.3, 0.4) is 0 Å². The molecule has 1 aromatic rings. The number of nitrogens with zero attached hydrogens (tertiary/aromatic N) is 1. The number of hydrogen-bond donors (Lipinski definition) is 2. The summed E-state index contributed by atoms with van der Waals surface area (Å²) in [6.45, 7) is 0.971. The first-order chi connectivity index (χ1) is 5.56. The summed E-state index contributed by atoms with van der Waals surface area (Å²) in [6.07, 6.45) is 0.999. The first-order valence-electron chi connectivity index (χ1n) is 3.51. The van der Waals surface area contributed by atoms with E-state index in [0.29, 0.717) is 0 Å². The van der Waals surface area contributed by atoms with Gasteiger partial charge < -0.3 is 10.2 Å². The van der Waals surface area contributed by atoms with Crippen LogP contribution in [0.4, 0.5) is 4.39 Å². The minimum atomic E-state index is -1.40. The van der Waals surface area contributed by atoms with Crippen LogP contribution >= 0.6 is 0 Å². The second-order valence-corrected chi connectivity index (χ2v) is 2.79. The fraction of sp³-hybridized carbons (Fsp3) is 0.375. The summed E-state index contributed by atoms with van der Waals surface area (Å²) in [5.41, 5.74) is -1.14. The minimum absolute atomic E-state index is 0.256. The molecule has 0 fully saturated rings. The third-order valence-electron chi connectivity index (χ3n) is 1.59. The molecule has 0 aliphatic carbocycles. The lowest BCUT2D eigenvalue weighted by atomic mass is 10.0.